The van der Waals surface area contributed by atoms with E-state index in [0.717, 1.165) is 18.5 Å². The molecule has 0 aromatic carbocycles. The molecule has 0 aromatic heterocycles. The van der Waals surface area contributed by atoms with Gasteiger partial charge >= 0.3 is 0 Å². The topological polar surface area (TPSA) is 29.3 Å². The Balaban J connectivity index is 1.97. The Bertz CT molecular complexity index is 213. The Morgan fingerprint density at radius 2 is 2.07 bits per heavy atom. The quantitative estimate of drug-likeness (QED) is 0.757. The molecule has 2 fully saturated rings. The fourth-order valence-corrected chi connectivity index (χ4v) is 3.52. The molecule has 1 heterocycles. The lowest BCUT2D eigenvalue weighted by molar-refractivity contribution is 0.0631. The van der Waals surface area contributed by atoms with Crippen LogP contribution < -0.4 is 5.73 Å². The van der Waals surface area contributed by atoms with Crippen LogP contribution in [0.1, 0.15) is 46.0 Å². The van der Waals surface area contributed by atoms with Crippen LogP contribution in [0.25, 0.3) is 0 Å². The summed E-state index contributed by atoms with van der Waals surface area (Å²) in [6, 6.07) is 0.801. The maximum absolute atomic E-state index is 5.87. The molecular weight excluding hydrogens is 184 g/mol. The van der Waals surface area contributed by atoms with Gasteiger partial charge in [0.05, 0.1) is 0 Å². The molecule has 0 aromatic rings. The van der Waals surface area contributed by atoms with Crippen LogP contribution in [0.2, 0.25) is 0 Å². The van der Waals surface area contributed by atoms with Gasteiger partial charge in [0.25, 0.3) is 0 Å². The summed E-state index contributed by atoms with van der Waals surface area (Å²) in [4.78, 5) is 2.73. The van der Waals surface area contributed by atoms with Crippen molar-refractivity contribution < 1.29 is 0 Å². The van der Waals surface area contributed by atoms with Crippen LogP contribution >= 0.6 is 0 Å². The number of hydrogen-bond acceptors (Lipinski definition) is 2. The molecule has 2 rings (SSSR count). The van der Waals surface area contributed by atoms with Gasteiger partial charge in [-0.15, -0.1) is 0 Å². The van der Waals surface area contributed by atoms with Crippen LogP contribution in [-0.4, -0.2) is 30.6 Å². The molecule has 0 spiro atoms. The van der Waals surface area contributed by atoms with Crippen molar-refractivity contribution in [1.29, 1.82) is 0 Å². The van der Waals surface area contributed by atoms with Crippen LogP contribution in [0, 0.1) is 11.3 Å². The summed E-state index contributed by atoms with van der Waals surface area (Å²) in [6.45, 7) is 8.30. The van der Waals surface area contributed by atoms with E-state index in [0.29, 0.717) is 5.41 Å². The van der Waals surface area contributed by atoms with Gasteiger partial charge in [-0.3, -0.25) is 4.90 Å². The van der Waals surface area contributed by atoms with Crippen LogP contribution in [-0.2, 0) is 0 Å². The average molecular weight is 210 g/mol. The molecule has 0 amide bonds. The highest BCUT2D eigenvalue weighted by molar-refractivity contribution is 4.90. The van der Waals surface area contributed by atoms with Crippen molar-refractivity contribution >= 4 is 0 Å². The lowest BCUT2D eigenvalue weighted by Gasteiger charge is -2.43. The summed E-state index contributed by atoms with van der Waals surface area (Å²) < 4.78 is 0. The number of rotatable bonds is 2. The molecule has 2 aliphatic rings. The van der Waals surface area contributed by atoms with E-state index in [1.54, 1.807) is 0 Å². The summed E-state index contributed by atoms with van der Waals surface area (Å²) >= 11 is 0. The molecule has 2 atom stereocenters. The van der Waals surface area contributed by atoms with Gasteiger partial charge in [-0.25, -0.2) is 0 Å². The van der Waals surface area contributed by atoms with Crippen LogP contribution in [0.4, 0.5) is 0 Å². The number of likely N-dealkylation sites (tertiary alicyclic amines) is 1. The Morgan fingerprint density at radius 1 is 1.27 bits per heavy atom. The fraction of sp³-hybridized carbons (Fsp3) is 1.00. The smallest absolute Gasteiger partial charge is 0.0136 e. The van der Waals surface area contributed by atoms with E-state index in [9.17, 15) is 0 Å². The zero-order chi connectivity index (χ0) is 10.9. The maximum atomic E-state index is 5.87. The molecule has 0 bridgehead atoms. The molecule has 2 unspecified atom stereocenters. The largest absolute Gasteiger partial charge is 0.330 e. The number of hydrogen-bond donors (Lipinski definition) is 1. The van der Waals surface area contributed by atoms with E-state index in [1.807, 2.05) is 0 Å². The first-order valence-electron chi connectivity index (χ1n) is 6.56. The van der Waals surface area contributed by atoms with E-state index in [1.165, 1.54) is 45.2 Å². The lowest BCUT2D eigenvalue weighted by atomic mass is 9.83. The standard InChI is InChI=1S/C13H26N2/c1-13(2)7-4-8-15(10-13)12-6-3-5-11(12)9-14/h11-12H,3-10,14H2,1-2H3. The predicted molar refractivity (Wildman–Crippen MR) is 64.8 cm³/mol. The molecule has 2 heteroatoms. The highest BCUT2D eigenvalue weighted by Gasteiger charge is 2.35. The van der Waals surface area contributed by atoms with Crippen LogP contribution in [0.3, 0.4) is 0 Å². The third kappa shape index (κ3) is 2.54. The van der Waals surface area contributed by atoms with Gasteiger partial charge in [-0.1, -0.05) is 20.3 Å². The van der Waals surface area contributed by atoms with E-state index < -0.39 is 0 Å². The van der Waals surface area contributed by atoms with E-state index in [2.05, 4.69) is 18.7 Å². The van der Waals surface area contributed by atoms with E-state index in [4.69, 9.17) is 5.73 Å². The third-order valence-corrected chi connectivity index (χ3v) is 4.32. The van der Waals surface area contributed by atoms with Crippen molar-refractivity contribution in [3.8, 4) is 0 Å². The highest BCUT2D eigenvalue weighted by atomic mass is 15.2. The third-order valence-electron chi connectivity index (χ3n) is 4.32. The lowest BCUT2D eigenvalue weighted by Crippen LogP contribution is -2.48. The van der Waals surface area contributed by atoms with Gasteiger partial charge in [-0.05, 0) is 50.1 Å². The van der Waals surface area contributed by atoms with Gasteiger partial charge in [-0.2, -0.15) is 0 Å². The number of nitrogens with two attached hydrogens (primary N) is 1. The second-order valence-corrected chi connectivity index (χ2v) is 6.23. The van der Waals surface area contributed by atoms with Crippen molar-refractivity contribution in [3.63, 3.8) is 0 Å². The number of piperidine rings is 1. The first-order valence-corrected chi connectivity index (χ1v) is 6.56. The minimum Gasteiger partial charge on any atom is -0.330 e. The van der Waals surface area contributed by atoms with Crippen LogP contribution in [0.15, 0.2) is 0 Å². The Kier molecular flexibility index (Phi) is 3.36. The minimum atomic E-state index is 0.528. The van der Waals surface area contributed by atoms with Gasteiger partial charge in [0.15, 0.2) is 0 Å². The summed E-state index contributed by atoms with van der Waals surface area (Å²) in [6.07, 6.45) is 6.91. The fourth-order valence-electron chi connectivity index (χ4n) is 3.52. The van der Waals surface area contributed by atoms with E-state index in [-0.39, 0.29) is 0 Å². The van der Waals surface area contributed by atoms with Crippen molar-refractivity contribution in [2.45, 2.75) is 52.0 Å². The van der Waals surface area contributed by atoms with Gasteiger partial charge in [0.1, 0.15) is 0 Å². The molecule has 1 saturated heterocycles. The molecule has 1 aliphatic heterocycles. The molecule has 15 heavy (non-hydrogen) atoms. The average Bonchev–Trinajstić information content (AvgIpc) is 2.63. The second-order valence-electron chi connectivity index (χ2n) is 6.23. The maximum Gasteiger partial charge on any atom is 0.0136 e. The van der Waals surface area contributed by atoms with E-state index >= 15 is 0 Å². The molecule has 0 radical (unpaired) electrons. The molecule has 88 valence electrons. The van der Waals surface area contributed by atoms with Crippen molar-refractivity contribution in [2.24, 2.45) is 17.1 Å². The Hall–Kier alpha value is -0.0800. The SMILES string of the molecule is CC1(C)CCCN(C2CCCC2CN)C1. The first-order chi connectivity index (χ1) is 7.12. The summed E-state index contributed by atoms with van der Waals surface area (Å²) in [5, 5.41) is 0. The zero-order valence-corrected chi connectivity index (χ0v) is 10.3. The first kappa shape index (κ1) is 11.4. The molecule has 1 saturated carbocycles. The van der Waals surface area contributed by atoms with Crippen molar-refractivity contribution in [3.05, 3.63) is 0 Å². The summed E-state index contributed by atoms with van der Waals surface area (Å²) in [7, 11) is 0. The molecular formula is C13H26N2. The Morgan fingerprint density at radius 3 is 2.73 bits per heavy atom. The van der Waals surface area contributed by atoms with Gasteiger partial charge < -0.3 is 5.73 Å². The molecule has 1 aliphatic carbocycles. The minimum absolute atomic E-state index is 0.528. The molecule has 2 nitrogen and oxygen atoms in total. The number of nitrogens with zero attached hydrogens (tertiary/aromatic N) is 1. The van der Waals surface area contributed by atoms with Crippen molar-refractivity contribution in [2.75, 3.05) is 19.6 Å². The summed E-state index contributed by atoms with van der Waals surface area (Å²) in [5.74, 6) is 0.777. The normalized spacial score (nSPS) is 37.0. The molecule has 2 N–H and O–H groups in total. The highest BCUT2D eigenvalue weighted by Crippen LogP contribution is 2.35. The van der Waals surface area contributed by atoms with Crippen LogP contribution in [0.5, 0.6) is 0 Å². The predicted octanol–water partition coefficient (Wildman–Crippen LogP) is 2.24. The summed E-state index contributed by atoms with van der Waals surface area (Å²) in [5.41, 5.74) is 6.40. The monoisotopic (exact) mass is 210 g/mol. The van der Waals surface area contributed by atoms with Gasteiger partial charge in [0.2, 0.25) is 0 Å². The Labute approximate surface area is 94.2 Å². The second kappa shape index (κ2) is 4.42. The van der Waals surface area contributed by atoms with Crippen molar-refractivity contribution in [1.82, 2.24) is 4.90 Å². The zero-order valence-electron chi connectivity index (χ0n) is 10.3. The van der Waals surface area contributed by atoms with Gasteiger partial charge in [0, 0.05) is 12.6 Å².